The van der Waals surface area contributed by atoms with Crippen LogP contribution in [0, 0.1) is 11.8 Å². The zero-order chi connectivity index (χ0) is 14.9. The van der Waals surface area contributed by atoms with E-state index in [9.17, 15) is 4.79 Å². The van der Waals surface area contributed by atoms with Crippen molar-refractivity contribution in [3.05, 3.63) is 36.5 Å². The molecule has 5 nitrogen and oxygen atoms in total. The van der Waals surface area contributed by atoms with Crippen LogP contribution in [0.4, 0.5) is 4.79 Å². The zero-order valence-corrected chi connectivity index (χ0v) is 11.8. The highest BCUT2D eigenvalue weighted by Gasteiger charge is 2.01. The molecule has 0 aliphatic heterocycles. The van der Waals surface area contributed by atoms with Gasteiger partial charge in [0.05, 0.1) is 6.54 Å². The normalized spacial score (nSPS) is 9.57. The van der Waals surface area contributed by atoms with Gasteiger partial charge in [0.2, 0.25) is 0 Å². The summed E-state index contributed by atoms with van der Waals surface area (Å²) in [6.07, 6.45) is 1.73. The number of carbonyl (C=O) groups is 1. The first-order chi connectivity index (χ1) is 10.3. The molecule has 0 aliphatic rings. The monoisotopic (exact) mass is 283 g/mol. The standard InChI is InChI=1S/C16H17N3O2/c1-2-17-16(20)19-10-3-4-12-21-14-9-5-7-13-8-6-11-18-15(13)14/h5-9,11H,2,10,12H2,1H3,(H2,17,19,20). The van der Waals surface area contributed by atoms with Crippen molar-refractivity contribution < 1.29 is 9.53 Å². The van der Waals surface area contributed by atoms with Crippen LogP contribution in [0.2, 0.25) is 0 Å². The molecule has 0 radical (unpaired) electrons. The van der Waals surface area contributed by atoms with Crippen LogP contribution < -0.4 is 15.4 Å². The minimum Gasteiger partial charge on any atom is -0.479 e. The van der Waals surface area contributed by atoms with E-state index in [4.69, 9.17) is 4.74 Å². The second-order valence-corrected chi connectivity index (χ2v) is 4.19. The second-order valence-electron chi connectivity index (χ2n) is 4.19. The lowest BCUT2D eigenvalue weighted by Crippen LogP contribution is -2.35. The zero-order valence-electron chi connectivity index (χ0n) is 11.8. The molecule has 0 aliphatic carbocycles. The van der Waals surface area contributed by atoms with Gasteiger partial charge in [0.1, 0.15) is 17.9 Å². The number of carbonyl (C=O) groups excluding carboxylic acids is 1. The third-order valence-corrected chi connectivity index (χ3v) is 2.70. The molecular weight excluding hydrogens is 266 g/mol. The number of hydrogen-bond acceptors (Lipinski definition) is 3. The van der Waals surface area contributed by atoms with Crippen LogP contribution in [0.5, 0.6) is 5.75 Å². The average molecular weight is 283 g/mol. The molecule has 0 unspecified atom stereocenters. The largest absolute Gasteiger partial charge is 0.479 e. The number of nitrogens with zero attached hydrogens (tertiary/aromatic N) is 1. The molecule has 2 amide bonds. The number of para-hydroxylation sites is 1. The molecule has 2 rings (SSSR count). The Labute approximate surface area is 123 Å². The lowest BCUT2D eigenvalue weighted by molar-refractivity contribution is 0.242. The highest BCUT2D eigenvalue weighted by Crippen LogP contribution is 2.22. The summed E-state index contributed by atoms with van der Waals surface area (Å²) in [7, 11) is 0. The highest BCUT2D eigenvalue weighted by atomic mass is 16.5. The van der Waals surface area contributed by atoms with Gasteiger partial charge in [-0.3, -0.25) is 4.98 Å². The number of fused-ring (bicyclic) bond motifs is 1. The predicted molar refractivity (Wildman–Crippen MR) is 82.1 cm³/mol. The summed E-state index contributed by atoms with van der Waals surface area (Å²) in [5.41, 5.74) is 0.822. The highest BCUT2D eigenvalue weighted by molar-refractivity contribution is 5.84. The van der Waals surface area contributed by atoms with Crippen molar-refractivity contribution in [2.75, 3.05) is 19.7 Å². The fraction of sp³-hybridized carbons (Fsp3) is 0.250. The van der Waals surface area contributed by atoms with Gasteiger partial charge in [0.15, 0.2) is 0 Å². The lowest BCUT2D eigenvalue weighted by Gasteiger charge is -2.05. The number of aromatic nitrogens is 1. The Bertz CT molecular complexity index is 669. The van der Waals surface area contributed by atoms with E-state index in [1.165, 1.54) is 0 Å². The minimum atomic E-state index is -0.217. The fourth-order valence-corrected chi connectivity index (χ4v) is 1.77. The van der Waals surface area contributed by atoms with Gasteiger partial charge in [0, 0.05) is 18.1 Å². The summed E-state index contributed by atoms with van der Waals surface area (Å²) >= 11 is 0. The summed E-state index contributed by atoms with van der Waals surface area (Å²) in [6.45, 7) is 3.00. The number of amides is 2. The maximum Gasteiger partial charge on any atom is 0.315 e. The Morgan fingerprint density at radius 3 is 2.95 bits per heavy atom. The first-order valence-corrected chi connectivity index (χ1v) is 6.75. The second kappa shape index (κ2) is 7.75. The van der Waals surface area contributed by atoms with Crippen molar-refractivity contribution in [1.29, 1.82) is 0 Å². The van der Waals surface area contributed by atoms with Crippen LogP contribution in [0.3, 0.4) is 0 Å². The van der Waals surface area contributed by atoms with E-state index < -0.39 is 0 Å². The van der Waals surface area contributed by atoms with Gasteiger partial charge in [-0.1, -0.05) is 30.0 Å². The molecule has 0 saturated carbocycles. The van der Waals surface area contributed by atoms with Crippen LogP contribution in [0.25, 0.3) is 10.9 Å². The van der Waals surface area contributed by atoms with E-state index in [1.54, 1.807) is 6.20 Å². The van der Waals surface area contributed by atoms with Crippen LogP contribution in [-0.4, -0.2) is 30.7 Å². The van der Waals surface area contributed by atoms with Gasteiger partial charge in [-0.05, 0) is 19.1 Å². The molecular formula is C16H17N3O2. The quantitative estimate of drug-likeness (QED) is 0.843. The Kier molecular flexibility index (Phi) is 5.41. The van der Waals surface area contributed by atoms with Crippen LogP contribution in [-0.2, 0) is 0 Å². The number of nitrogens with one attached hydrogen (secondary N) is 2. The molecule has 1 heterocycles. The fourth-order valence-electron chi connectivity index (χ4n) is 1.77. The van der Waals surface area contributed by atoms with Crippen LogP contribution in [0.15, 0.2) is 36.5 Å². The number of rotatable bonds is 4. The summed E-state index contributed by atoms with van der Waals surface area (Å²) in [5, 5.41) is 6.27. The Morgan fingerprint density at radius 2 is 2.10 bits per heavy atom. The summed E-state index contributed by atoms with van der Waals surface area (Å²) in [6, 6.07) is 9.42. The molecule has 2 aromatic rings. The topological polar surface area (TPSA) is 63.2 Å². The Balaban J connectivity index is 1.85. The molecule has 0 bridgehead atoms. The van der Waals surface area contributed by atoms with Crippen molar-refractivity contribution >= 4 is 16.9 Å². The lowest BCUT2D eigenvalue weighted by atomic mass is 10.2. The van der Waals surface area contributed by atoms with E-state index in [2.05, 4.69) is 27.5 Å². The summed E-state index contributed by atoms with van der Waals surface area (Å²) < 4.78 is 5.61. The van der Waals surface area contributed by atoms with Gasteiger partial charge >= 0.3 is 6.03 Å². The van der Waals surface area contributed by atoms with E-state index in [0.717, 1.165) is 10.9 Å². The summed E-state index contributed by atoms with van der Waals surface area (Å²) in [5.74, 6) is 6.39. The predicted octanol–water partition coefficient (Wildman–Crippen LogP) is 1.94. The smallest absolute Gasteiger partial charge is 0.315 e. The molecule has 2 N–H and O–H groups in total. The van der Waals surface area contributed by atoms with E-state index in [0.29, 0.717) is 18.8 Å². The van der Waals surface area contributed by atoms with E-state index >= 15 is 0 Å². The Morgan fingerprint density at radius 1 is 1.24 bits per heavy atom. The molecule has 0 saturated heterocycles. The van der Waals surface area contributed by atoms with Crippen molar-refractivity contribution in [3.8, 4) is 17.6 Å². The number of hydrogen-bond donors (Lipinski definition) is 2. The molecule has 0 spiro atoms. The van der Waals surface area contributed by atoms with Crippen molar-refractivity contribution in [1.82, 2.24) is 15.6 Å². The molecule has 0 atom stereocenters. The van der Waals surface area contributed by atoms with Gasteiger partial charge < -0.3 is 15.4 Å². The maximum atomic E-state index is 11.1. The van der Waals surface area contributed by atoms with Gasteiger partial charge in [-0.15, -0.1) is 0 Å². The molecule has 0 fully saturated rings. The van der Waals surface area contributed by atoms with Gasteiger partial charge in [-0.25, -0.2) is 4.79 Å². The number of urea groups is 1. The van der Waals surface area contributed by atoms with Gasteiger partial charge in [0.25, 0.3) is 0 Å². The first kappa shape index (κ1) is 14.7. The molecule has 5 heteroatoms. The first-order valence-electron chi connectivity index (χ1n) is 6.75. The molecule has 108 valence electrons. The maximum absolute atomic E-state index is 11.1. The van der Waals surface area contributed by atoms with Crippen molar-refractivity contribution in [2.24, 2.45) is 0 Å². The third kappa shape index (κ3) is 4.39. The van der Waals surface area contributed by atoms with Crippen LogP contribution in [0.1, 0.15) is 6.92 Å². The number of benzene rings is 1. The minimum absolute atomic E-state index is 0.217. The van der Waals surface area contributed by atoms with Gasteiger partial charge in [-0.2, -0.15) is 0 Å². The molecule has 1 aromatic carbocycles. The van der Waals surface area contributed by atoms with Crippen molar-refractivity contribution in [2.45, 2.75) is 6.92 Å². The number of ether oxygens (including phenoxy) is 1. The van der Waals surface area contributed by atoms with E-state index in [-0.39, 0.29) is 12.6 Å². The Hall–Kier alpha value is -2.74. The SMILES string of the molecule is CCNC(=O)NCC#CCOc1cccc2cccnc12. The summed E-state index contributed by atoms with van der Waals surface area (Å²) in [4.78, 5) is 15.4. The molecule has 21 heavy (non-hydrogen) atoms. The van der Waals surface area contributed by atoms with Crippen molar-refractivity contribution in [3.63, 3.8) is 0 Å². The average Bonchev–Trinajstić information content (AvgIpc) is 2.51. The third-order valence-electron chi connectivity index (χ3n) is 2.70. The molecule has 1 aromatic heterocycles. The van der Waals surface area contributed by atoms with Crippen LogP contribution >= 0.6 is 0 Å². The number of pyridine rings is 1. The van der Waals surface area contributed by atoms with E-state index in [1.807, 2.05) is 37.3 Å².